The third kappa shape index (κ3) is 6.01. The summed E-state index contributed by atoms with van der Waals surface area (Å²) >= 11 is 0. The number of rotatable bonds is 10. The van der Waals surface area contributed by atoms with Gasteiger partial charge in [0.15, 0.2) is 18.1 Å². The summed E-state index contributed by atoms with van der Waals surface area (Å²) in [5.41, 5.74) is 0.385. The number of benzene rings is 2. The lowest BCUT2D eigenvalue weighted by Crippen LogP contribution is -2.28. The van der Waals surface area contributed by atoms with Gasteiger partial charge in [-0.15, -0.1) is 0 Å². The lowest BCUT2D eigenvalue weighted by atomic mass is 10.2. The Kier molecular flexibility index (Phi) is 7.30. The maximum absolute atomic E-state index is 12.2. The lowest BCUT2D eigenvalue weighted by Gasteiger charge is -2.12. The van der Waals surface area contributed by atoms with Crippen LogP contribution >= 0.6 is 0 Å². The van der Waals surface area contributed by atoms with Crippen LogP contribution < -0.4 is 19.5 Å². The normalized spacial score (nSPS) is 10.0. The van der Waals surface area contributed by atoms with Crippen LogP contribution in [0.2, 0.25) is 0 Å². The van der Waals surface area contributed by atoms with E-state index in [2.05, 4.69) is 5.32 Å². The number of carbonyl (C=O) groups excluding carboxylic acids is 1. The maximum atomic E-state index is 12.2. The minimum absolute atomic E-state index is 0.276. The highest BCUT2D eigenvalue weighted by Gasteiger charge is 2.12. The van der Waals surface area contributed by atoms with Crippen molar-refractivity contribution in [3.05, 3.63) is 54.1 Å². The van der Waals surface area contributed by atoms with Crippen molar-refractivity contribution in [3.63, 3.8) is 0 Å². The zero-order chi connectivity index (χ0) is 18.8. The third-order valence-electron chi connectivity index (χ3n) is 3.26. The summed E-state index contributed by atoms with van der Waals surface area (Å²) in [4.78, 5) is 22.9. The topological polar surface area (TPSA) is 94.1 Å². The standard InChI is InChI=1S/C19H21NO6/c1-2-24-17-12-14(8-9-16(17)26-13-18(21)22)19(23)20-10-11-25-15-6-4-3-5-7-15/h3-9,12H,2,10-11,13H2,1H3,(H,20,23)(H,21,22). The second kappa shape index (κ2) is 9.93. The molecule has 0 atom stereocenters. The first-order valence-corrected chi connectivity index (χ1v) is 8.17. The Balaban J connectivity index is 1.90. The number of amides is 1. The van der Waals surface area contributed by atoms with Crippen molar-refractivity contribution < 1.29 is 28.9 Å². The summed E-state index contributed by atoms with van der Waals surface area (Å²) in [6.07, 6.45) is 0. The van der Waals surface area contributed by atoms with Crippen LogP contribution in [-0.4, -0.2) is 43.3 Å². The molecule has 0 saturated heterocycles. The molecule has 0 aliphatic heterocycles. The number of carbonyl (C=O) groups is 2. The molecule has 1 amide bonds. The number of para-hydroxylation sites is 1. The van der Waals surface area contributed by atoms with Gasteiger partial charge in [0, 0.05) is 5.56 Å². The van der Waals surface area contributed by atoms with Gasteiger partial charge in [-0.2, -0.15) is 0 Å². The predicted molar refractivity (Wildman–Crippen MR) is 95.0 cm³/mol. The summed E-state index contributed by atoms with van der Waals surface area (Å²) in [6, 6.07) is 13.9. The van der Waals surface area contributed by atoms with Crippen LogP contribution in [0.3, 0.4) is 0 Å². The van der Waals surface area contributed by atoms with Gasteiger partial charge in [0.1, 0.15) is 12.4 Å². The highest BCUT2D eigenvalue weighted by Crippen LogP contribution is 2.28. The van der Waals surface area contributed by atoms with Crippen molar-refractivity contribution in [1.29, 1.82) is 0 Å². The molecule has 0 aliphatic rings. The van der Waals surface area contributed by atoms with E-state index in [0.29, 0.717) is 31.1 Å². The molecule has 0 bridgehead atoms. The number of ether oxygens (including phenoxy) is 3. The second-order valence-corrected chi connectivity index (χ2v) is 5.19. The summed E-state index contributed by atoms with van der Waals surface area (Å²) < 4.78 is 16.1. The van der Waals surface area contributed by atoms with Gasteiger partial charge in [-0.25, -0.2) is 4.79 Å². The predicted octanol–water partition coefficient (Wildman–Crippen LogP) is 2.36. The fourth-order valence-electron chi connectivity index (χ4n) is 2.13. The molecule has 0 heterocycles. The van der Waals surface area contributed by atoms with Crippen LogP contribution in [0, 0.1) is 0 Å². The fraction of sp³-hybridized carbons (Fsp3) is 0.263. The molecule has 0 unspecified atom stereocenters. The van der Waals surface area contributed by atoms with Crippen molar-refractivity contribution in [2.24, 2.45) is 0 Å². The van der Waals surface area contributed by atoms with Crippen molar-refractivity contribution in [3.8, 4) is 17.2 Å². The van der Waals surface area contributed by atoms with Crippen LogP contribution in [-0.2, 0) is 4.79 Å². The molecule has 0 fully saturated rings. The minimum atomic E-state index is -1.09. The van der Waals surface area contributed by atoms with Crippen molar-refractivity contribution >= 4 is 11.9 Å². The van der Waals surface area contributed by atoms with Gasteiger partial charge in [0.05, 0.1) is 13.2 Å². The van der Waals surface area contributed by atoms with E-state index in [1.165, 1.54) is 12.1 Å². The van der Waals surface area contributed by atoms with E-state index < -0.39 is 12.6 Å². The maximum Gasteiger partial charge on any atom is 0.341 e. The minimum Gasteiger partial charge on any atom is -0.492 e. The highest BCUT2D eigenvalue weighted by atomic mass is 16.5. The van der Waals surface area contributed by atoms with Gasteiger partial charge < -0.3 is 24.6 Å². The van der Waals surface area contributed by atoms with Crippen LogP contribution in [0.25, 0.3) is 0 Å². The Hall–Kier alpha value is -3.22. The smallest absolute Gasteiger partial charge is 0.341 e. The third-order valence-corrected chi connectivity index (χ3v) is 3.26. The summed E-state index contributed by atoms with van der Waals surface area (Å²) in [6.45, 7) is 2.35. The molecule has 2 aromatic rings. The van der Waals surface area contributed by atoms with E-state index in [1.54, 1.807) is 13.0 Å². The second-order valence-electron chi connectivity index (χ2n) is 5.19. The lowest BCUT2D eigenvalue weighted by molar-refractivity contribution is -0.139. The quantitative estimate of drug-likeness (QED) is 0.633. The largest absolute Gasteiger partial charge is 0.492 e. The zero-order valence-electron chi connectivity index (χ0n) is 14.4. The molecule has 0 radical (unpaired) electrons. The summed E-state index contributed by atoms with van der Waals surface area (Å²) in [5, 5.41) is 11.5. The number of hydrogen-bond acceptors (Lipinski definition) is 5. The summed E-state index contributed by atoms with van der Waals surface area (Å²) in [7, 11) is 0. The van der Waals surface area contributed by atoms with Crippen molar-refractivity contribution in [2.75, 3.05) is 26.4 Å². The van der Waals surface area contributed by atoms with Gasteiger partial charge in [0.25, 0.3) is 5.91 Å². The van der Waals surface area contributed by atoms with Gasteiger partial charge in [-0.1, -0.05) is 18.2 Å². The van der Waals surface area contributed by atoms with Crippen LogP contribution in [0.4, 0.5) is 0 Å². The summed E-state index contributed by atoms with van der Waals surface area (Å²) in [5.74, 6) is -0.0412. The van der Waals surface area contributed by atoms with E-state index in [0.717, 1.165) is 5.75 Å². The zero-order valence-corrected chi connectivity index (χ0v) is 14.4. The van der Waals surface area contributed by atoms with Crippen LogP contribution in [0.15, 0.2) is 48.5 Å². The first-order valence-electron chi connectivity index (χ1n) is 8.17. The van der Waals surface area contributed by atoms with Crippen molar-refractivity contribution in [2.45, 2.75) is 6.92 Å². The Morgan fingerprint density at radius 1 is 1.00 bits per heavy atom. The van der Waals surface area contributed by atoms with Crippen molar-refractivity contribution in [1.82, 2.24) is 5.32 Å². The number of hydrogen-bond donors (Lipinski definition) is 2. The first kappa shape index (κ1) is 19.1. The average molecular weight is 359 g/mol. The SMILES string of the molecule is CCOc1cc(C(=O)NCCOc2ccccc2)ccc1OCC(=O)O. The number of carboxylic acid groups (broad SMARTS) is 1. The highest BCUT2D eigenvalue weighted by molar-refractivity contribution is 5.94. The molecule has 0 aliphatic carbocycles. The van der Waals surface area contributed by atoms with Gasteiger partial charge >= 0.3 is 5.97 Å². The molecule has 0 spiro atoms. The molecule has 2 N–H and O–H groups in total. The van der Waals surface area contributed by atoms with E-state index in [-0.39, 0.29) is 11.7 Å². The van der Waals surface area contributed by atoms with E-state index in [4.69, 9.17) is 19.3 Å². The molecular formula is C19H21NO6. The first-order chi connectivity index (χ1) is 12.6. The number of nitrogens with one attached hydrogen (secondary N) is 1. The molecule has 0 aromatic heterocycles. The average Bonchev–Trinajstić information content (AvgIpc) is 2.65. The fourth-order valence-corrected chi connectivity index (χ4v) is 2.13. The molecule has 0 saturated carbocycles. The van der Waals surface area contributed by atoms with E-state index >= 15 is 0 Å². The molecule has 138 valence electrons. The van der Waals surface area contributed by atoms with Crippen LogP contribution in [0.5, 0.6) is 17.2 Å². The number of carboxylic acids is 1. The van der Waals surface area contributed by atoms with E-state index in [1.807, 2.05) is 30.3 Å². The molecule has 26 heavy (non-hydrogen) atoms. The monoisotopic (exact) mass is 359 g/mol. The molecule has 7 nitrogen and oxygen atoms in total. The number of aliphatic carboxylic acids is 1. The molecular weight excluding hydrogens is 338 g/mol. The Bertz CT molecular complexity index is 732. The molecule has 2 aromatic carbocycles. The molecule has 2 rings (SSSR count). The Labute approximate surface area is 151 Å². The Morgan fingerprint density at radius 2 is 1.77 bits per heavy atom. The Morgan fingerprint density at radius 3 is 2.46 bits per heavy atom. The van der Waals surface area contributed by atoms with Crippen LogP contribution in [0.1, 0.15) is 17.3 Å². The molecule has 7 heteroatoms. The van der Waals surface area contributed by atoms with Gasteiger partial charge in [-0.3, -0.25) is 4.79 Å². The van der Waals surface area contributed by atoms with E-state index in [9.17, 15) is 9.59 Å². The van der Waals surface area contributed by atoms with Gasteiger partial charge in [0.2, 0.25) is 0 Å². The van der Waals surface area contributed by atoms with Gasteiger partial charge in [-0.05, 0) is 37.3 Å².